The molecule has 0 spiro atoms. The topological polar surface area (TPSA) is 81.4 Å². The number of aliphatic hydroxyl groups is 1. The first-order valence-electron chi connectivity index (χ1n) is 9.20. The molecule has 28 heavy (non-hydrogen) atoms. The fourth-order valence-electron chi connectivity index (χ4n) is 4.27. The number of allylic oxidation sites excluding steroid dienone is 1. The first kappa shape index (κ1) is 16.9. The number of nitrogens with zero attached hydrogens (tertiary/aromatic N) is 2. The van der Waals surface area contributed by atoms with E-state index < -0.39 is 11.6 Å². The van der Waals surface area contributed by atoms with Gasteiger partial charge in [0.2, 0.25) is 0 Å². The molecular formula is C22H18N2O4. The quantitative estimate of drug-likeness (QED) is 0.551. The Morgan fingerprint density at radius 2 is 2.14 bits per heavy atom. The minimum Gasteiger partial charge on any atom is -0.458 e. The third kappa shape index (κ3) is 1.98. The van der Waals surface area contributed by atoms with Crippen LogP contribution in [0.3, 0.4) is 0 Å². The second kappa shape index (κ2) is 5.62. The van der Waals surface area contributed by atoms with Crippen LogP contribution in [0, 0.1) is 0 Å². The molecule has 1 unspecified atom stereocenters. The number of ether oxygens (including phenoxy) is 1. The van der Waals surface area contributed by atoms with Crippen molar-refractivity contribution in [1.82, 2.24) is 9.55 Å². The highest BCUT2D eigenvalue weighted by Gasteiger charge is 2.46. The summed E-state index contributed by atoms with van der Waals surface area (Å²) in [5.74, 6) is -0.725. The molecule has 6 nitrogen and oxygen atoms in total. The predicted octanol–water partition coefficient (Wildman–Crippen LogP) is 2.81. The Kier molecular flexibility index (Phi) is 3.39. The van der Waals surface area contributed by atoms with E-state index in [-0.39, 0.29) is 24.6 Å². The molecule has 1 aromatic carbocycles. The first-order valence-corrected chi connectivity index (χ1v) is 9.20. The molecule has 0 aliphatic carbocycles. The van der Waals surface area contributed by atoms with Crippen molar-refractivity contribution in [3.8, 4) is 11.4 Å². The van der Waals surface area contributed by atoms with Gasteiger partial charge < -0.3 is 9.84 Å². The molecule has 3 aromatic rings. The van der Waals surface area contributed by atoms with E-state index in [2.05, 4.69) is 6.58 Å². The highest BCUT2D eigenvalue weighted by atomic mass is 16.6. The molecular weight excluding hydrogens is 356 g/mol. The van der Waals surface area contributed by atoms with E-state index in [0.29, 0.717) is 22.5 Å². The third-order valence-corrected chi connectivity index (χ3v) is 5.80. The number of fused-ring (bicyclic) bond motifs is 5. The summed E-state index contributed by atoms with van der Waals surface area (Å²) in [6.07, 6.45) is 1.82. The van der Waals surface area contributed by atoms with E-state index in [1.165, 1.54) is 0 Å². The largest absolute Gasteiger partial charge is 0.458 e. The number of cyclic esters (lactones) is 1. The Hall–Kier alpha value is -3.25. The van der Waals surface area contributed by atoms with Crippen molar-refractivity contribution in [3.63, 3.8) is 0 Å². The minimum atomic E-state index is -1.83. The number of hydrogen-bond donors (Lipinski definition) is 1. The van der Waals surface area contributed by atoms with Crippen LogP contribution < -0.4 is 5.56 Å². The molecule has 4 heterocycles. The molecule has 2 atom stereocenters. The van der Waals surface area contributed by atoms with Gasteiger partial charge >= 0.3 is 5.97 Å². The average molecular weight is 374 g/mol. The van der Waals surface area contributed by atoms with Crippen LogP contribution >= 0.6 is 0 Å². The maximum atomic E-state index is 13.3. The van der Waals surface area contributed by atoms with Crippen molar-refractivity contribution in [2.75, 3.05) is 0 Å². The molecule has 0 saturated heterocycles. The number of benzene rings is 1. The van der Waals surface area contributed by atoms with Gasteiger partial charge in [0.1, 0.15) is 6.61 Å². The third-order valence-electron chi connectivity index (χ3n) is 5.80. The zero-order valence-electron chi connectivity index (χ0n) is 15.3. The van der Waals surface area contributed by atoms with Gasteiger partial charge in [-0.3, -0.25) is 9.36 Å². The molecule has 2 aliphatic rings. The average Bonchev–Trinajstić information content (AvgIpc) is 3.02. The molecule has 5 rings (SSSR count). The maximum absolute atomic E-state index is 13.3. The normalized spacial score (nSPS) is 22.4. The summed E-state index contributed by atoms with van der Waals surface area (Å²) >= 11 is 0. The van der Waals surface area contributed by atoms with Crippen LogP contribution in [0.4, 0.5) is 0 Å². The summed E-state index contributed by atoms with van der Waals surface area (Å²) in [4.78, 5) is 30.4. The fourth-order valence-corrected chi connectivity index (χ4v) is 4.27. The lowest BCUT2D eigenvalue weighted by molar-refractivity contribution is -0.172. The van der Waals surface area contributed by atoms with Crippen LogP contribution in [0.2, 0.25) is 0 Å². The highest BCUT2D eigenvalue weighted by molar-refractivity contribution is 5.86. The van der Waals surface area contributed by atoms with Crippen LogP contribution in [0.1, 0.15) is 36.1 Å². The van der Waals surface area contributed by atoms with Crippen molar-refractivity contribution in [2.45, 2.75) is 31.6 Å². The van der Waals surface area contributed by atoms with Crippen LogP contribution in [-0.2, 0) is 21.7 Å². The number of esters is 1. The van der Waals surface area contributed by atoms with Crippen molar-refractivity contribution < 1.29 is 14.6 Å². The number of rotatable bonds is 2. The highest BCUT2D eigenvalue weighted by Crippen LogP contribution is 2.42. The maximum Gasteiger partial charge on any atom is 0.343 e. The fraction of sp³-hybridized carbons (Fsp3) is 0.227. The van der Waals surface area contributed by atoms with Gasteiger partial charge in [0.05, 0.1) is 28.5 Å². The summed E-state index contributed by atoms with van der Waals surface area (Å²) < 4.78 is 6.74. The predicted molar refractivity (Wildman–Crippen MR) is 104 cm³/mol. The standard InChI is InChI=1S/C22H18N2O4/c1-3-17-13-9-12-7-5-6-8-16(12)23-19(13)18-10-15-14(20(25)24(17)18)11-28-21(26)22(15,27)4-2/h3,5-10,17,27H,1,4,11H2,2H3/t17?,22-/m0/s1. The van der Waals surface area contributed by atoms with Crippen molar-refractivity contribution in [1.29, 1.82) is 0 Å². The summed E-state index contributed by atoms with van der Waals surface area (Å²) in [5, 5.41) is 11.9. The Labute approximate surface area is 160 Å². The Morgan fingerprint density at radius 1 is 1.36 bits per heavy atom. The molecule has 6 heteroatoms. The van der Waals surface area contributed by atoms with E-state index in [1.807, 2.05) is 30.3 Å². The second-order valence-corrected chi connectivity index (χ2v) is 7.19. The Morgan fingerprint density at radius 3 is 2.89 bits per heavy atom. The van der Waals surface area contributed by atoms with Gasteiger partial charge in [-0.2, -0.15) is 0 Å². The van der Waals surface area contributed by atoms with E-state index in [0.717, 1.165) is 16.5 Å². The smallest absolute Gasteiger partial charge is 0.343 e. The van der Waals surface area contributed by atoms with Crippen molar-refractivity contribution in [2.24, 2.45) is 0 Å². The molecule has 0 fully saturated rings. The minimum absolute atomic E-state index is 0.116. The molecule has 1 N–H and O–H groups in total. The number of carbonyl (C=O) groups excluding carboxylic acids is 1. The van der Waals surface area contributed by atoms with Crippen molar-refractivity contribution >= 4 is 16.9 Å². The Balaban J connectivity index is 1.87. The zero-order valence-corrected chi connectivity index (χ0v) is 15.3. The molecule has 2 aromatic heterocycles. The molecule has 0 saturated carbocycles. The first-order chi connectivity index (χ1) is 13.5. The number of aromatic nitrogens is 2. The van der Waals surface area contributed by atoms with Gasteiger partial charge in [-0.1, -0.05) is 31.2 Å². The molecule has 2 aliphatic heterocycles. The summed E-state index contributed by atoms with van der Waals surface area (Å²) in [6.45, 7) is 5.45. The van der Waals surface area contributed by atoms with Gasteiger partial charge in [0, 0.05) is 16.5 Å². The SMILES string of the molecule is C=CC1c2cc3ccccc3nc2-c2cc3c(c(=O)n21)COC(=O)[C@]3(O)CC. The number of carbonyl (C=O) groups is 1. The van der Waals surface area contributed by atoms with E-state index in [4.69, 9.17) is 9.72 Å². The van der Waals surface area contributed by atoms with Gasteiger partial charge in [0.15, 0.2) is 5.60 Å². The number of pyridine rings is 2. The van der Waals surface area contributed by atoms with Crippen LogP contribution in [0.15, 0.2) is 53.8 Å². The van der Waals surface area contributed by atoms with E-state index in [1.54, 1.807) is 23.6 Å². The van der Waals surface area contributed by atoms with Crippen LogP contribution in [0.25, 0.3) is 22.3 Å². The summed E-state index contributed by atoms with van der Waals surface area (Å²) in [6, 6.07) is 11.1. The number of para-hydroxylation sites is 1. The molecule has 0 amide bonds. The van der Waals surface area contributed by atoms with Crippen LogP contribution in [-0.4, -0.2) is 20.6 Å². The van der Waals surface area contributed by atoms with Gasteiger partial charge in [-0.15, -0.1) is 6.58 Å². The molecule has 0 bridgehead atoms. The second-order valence-electron chi connectivity index (χ2n) is 7.19. The lowest BCUT2D eigenvalue weighted by Crippen LogP contribution is -2.44. The molecule has 140 valence electrons. The van der Waals surface area contributed by atoms with Crippen LogP contribution in [0.5, 0.6) is 0 Å². The monoisotopic (exact) mass is 374 g/mol. The van der Waals surface area contributed by atoms with Gasteiger partial charge in [-0.25, -0.2) is 9.78 Å². The lowest BCUT2D eigenvalue weighted by atomic mass is 9.86. The zero-order chi connectivity index (χ0) is 19.6. The van der Waals surface area contributed by atoms with E-state index >= 15 is 0 Å². The summed E-state index contributed by atoms with van der Waals surface area (Å²) in [5.41, 5.74) is 1.43. The van der Waals surface area contributed by atoms with Gasteiger partial charge in [-0.05, 0) is 24.6 Å². The Bertz CT molecular complexity index is 1240. The van der Waals surface area contributed by atoms with E-state index in [9.17, 15) is 14.7 Å². The number of hydrogen-bond acceptors (Lipinski definition) is 5. The van der Waals surface area contributed by atoms with Crippen molar-refractivity contribution in [3.05, 3.63) is 76.1 Å². The van der Waals surface area contributed by atoms with Gasteiger partial charge in [0.25, 0.3) is 5.56 Å². The summed E-state index contributed by atoms with van der Waals surface area (Å²) in [7, 11) is 0. The lowest BCUT2D eigenvalue weighted by Gasteiger charge is -2.32. The molecule has 0 radical (unpaired) electrons.